The summed E-state index contributed by atoms with van der Waals surface area (Å²) in [6.07, 6.45) is 2.54. The molecule has 0 amide bonds. The van der Waals surface area contributed by atoms with Gasteiger partial charge in [0.05, 0.1) is 12.8 Å². The van der Waals surface area contributed by atoms with Gasteiger partial charge in [-0.1, -0.05) is 11.6 Å². The number of nitrogens with one attached hydrogen (secondary N) is 2. The Balaban J connectivity index is 1.95. The lowest BCUT2D eigenvalue weighted by molar-refractivity contribution is 0.390. The molecule has 1 fully saturated rings. The first kappa shape index (κ1) is 12.5. The molecule has 1 saturated heterocycles. The summed E-state index contributed by atoms with van der Waals surface area (Å²) in [7, 11) is 1.68. The van der Waals surface area contributed by atoms with Crippen molar-refractivity contribution in [3.63, 3.8) is 0 Å². The van der Waals surface area contributed by atoms with Crippen molar-refractivity contribution in [2.24, 2.45) is 5.92 Å². The number of ether oxygens (including phenoxy) is 1. The smallest absolute Gasteiger partial charge is 0.142 e. The Kier molecular flexibility index (Phi) is 4.51. The van der Waals surface area contributed by atoms with Gasteiger partial charge < -0.3 is 15.4 Å². The summed E-state index contributed by atoms with van der Waals surface area (Å²) < 4.78 is 5.30. The first-order valence-corrected chi connectivity index (χ1v) is 6.45. The van der Waals surface area contributed by atoms with E-state index < -0.39 is 0 Å². The molecule has 1 atom stereocenters. The van der Waals surface area contributed by atoms with E-state index in [9.17, 15) is 0 Å². The number of halogens is 1. The van der Waals surface area contributed by atoms with Crippen LogP contribution in [-0.4, -0.2) is 26.7 Å². The second-order valence-corrected chi connectivity index (χ2v) is 4.87. The normalized spacial score (nSPS) is 20.0. The molecule has 1 aromatic rings. The average Bonchev–Trinajstić information content (AvgIpc) is 2.38. The lowest BCUT2D eigenvalue weighted by Gasteiger charge is -2.23. The van der Waals surface area contributed by atoms with Gasteiger partial charge in [0.15, 0.2) is 0 Å². The summed E-state index contributed by atoms with van der Waals surface area (Å²) in [6, 6.07) is 5.65. The largest absolute Gasteiger partial charge is 0.495 e. The SMILES string of the molecule is COc1ccc(Cl)cc1NCC1CCCNC1. The van der Waals surface area contributed by atoms with Crippen LogP contribution in [0.1, 0.15) is 12.8 Å². The predicted molar refractivity (Wildman–Crippen MR) is 72.1 cm³/mol. The number of anilines is 1. The Hall–Kier alpha value is -0.930. The molecule has 3 nitrogen and oxygen atoms in total. The second-order valence-electron chi connectivity index (χ2n) is 4.44. The molecule has 0 bridgehead atoms. The van der Waals surface area contributed by atoms with Crippen molar-refractivity contribution in [2.45, 2.75) is 12.8 Å². The number of methoxy groups -OCH3 is 1. The highest BCUT2D eigenvalue weighted by Gasteiger charge is 2.13. The quantitative estimate of drug-likeness (QED) is 0.867. The molecule has 0 spiro atoms. The van der Waals surface area contributed by atoms with Crippen molar-refractivity contribution in [3.8, 4) is 5.75 Å². The summed E-state index contributed by atoms with van der Waals surface area (Å²) in [5.41, 5.74) is 0.977. The second kappa shape index (κ2) is 6.12. The van der Waals surface area contributed by atoms with Gasteiger partial charge in [0.2, 0.25) is 0 Å². The van der Waals surface area contributed by atoms with Gasteiger partial charge in [-0.05, 0) is 50.0 Å². The summed E-state index contributed by atoms with van der Waals surface area (Å²) in [5.74, 6) is 1.53. The summed E-state index contributed by atoms with van der Waals surface area (Å²) in [6.45, 7) is 3.20. The number of piperidine rings is 1. The van der Waals surface area contributed by atoms with E-state index >= 15 is 0 Å². The van der Waals surface area contributed by atoms with Crippen LogP contribution in [0.5, 0.6) is 5.75 Å². The number of rotatable bonds is 4. The molecular formula is C13H19ClN2O. The third kappa shape index (κ3) is 3.51. The molecule has 0 radical (unpaired) electrons. The van der Waals surface area contributed by atoms with Crippen molar-refractivity contribution in [1.29, 1.82) is 0 Å². The Morgan fingerprint density at radius 2 is 2.41 bits per heavy atom. The summed E-state index contributed by atoms with van der Waals surface area (Å²) in [4.78, 5) is 0. The molecule has 1 aliphatic heterocycles. The summed E-state index contributed by atoms with van der Waals surface area (Å²) >= 11 is 5.99. The zero-order valence-corrected chi connectivity index (χ0v) is 10.9. The lowest BCUT2D eigenvalue weighted by Crippen LogP contribution is -2.33. The van der Waals surface area contributed by atoms with Crippen LogP contribution in [0.15, 0.2) is 18.2 Å². The zero-order chi connectivity index (χ0) is 12.1. The highest BCUT2D eigenvalue weighted by atomic mass is 35.5. The molecule has 17 heavy (non-hydrogen) atoms. The monoisotopic (exact) mass is 254 g/mol. The predicted octanol–water partition coefficient (Wildman–Crippen LogP) is 2.76. The highest BCUT2D eigenvalue weighted by Crippen LogP contribution is 2.28. The highest BCUT2D eigenvalue weighted by molar-refractivity contribution is 6.30. The molecular weight excluding hydrogens is 236 g/mol. The third-order valence-corrected chi connectivity index (χ3v) is 3.38. The van der Waals surface area contributed by atoms with Crippen LogP contribution < -0.4 is 15.4 Å². The minimum absolute atomic E-state index is 0.687. The third-order valence-electron chi connectivity index (χ3n) is 3.14. The maximum absolute atomic E-state index is 5.99. The Bertz CT molecular complexity index is 364. The molecule has 2 N–H and O–H groups in total. The molecule has 0 aromatic heterocycles. The van der Waals surface area contributed by atoms with Crippen molar-refractivity contribution in [2.75, 3.05) is 32.1 Å². The van der Waals surface area contributed by atoms with Crippen molar-refractivity contribution in [1.82, 2.24) is 5.32 Å². The standard InChI is InChI=1S/C13H19ClN2O/c1-17-13-5-4-11(14)7-12(13)16-9-10-3-2-6-15-8-10/h4-5,7,10,15-16H,2-3,6,8-9H2,1H3. The van der Waals surface area contributed by atoms with Gasteiger partial charge in [0.25, 0.3) is 0 Å². The van der Waals surface area contributed by atoms with Crippen molar-refractivity contribution in [3.05, 3.63) is 23.2 Å². The van der Waals surface area contributed by atoms with Crippen LogP contribution in [0.2, 0.25) is 5.02 Å². The zero-order valence-electron chi connectivity index (χ0n) is 10.1. The van der Waals surface area contributed by atoms with E-state index in [4.69, 9.17) is 16.3 Å². The molecule has 1 aliphatic rings. The number of hydrogen-bond acceptors (Lipinski definition) is 3. The van der Waals surface area contributed by atoms with E-state index in [-0.39, 0.29) is 0 Å². The molecule has 1 aromatic carbocycles. The van der Waals surface area contributed by atoms with Crippen LogP contribution in [-0.2, 0) is 0 Å². The van der Waals surface area contributed by atoms with Gasteiger partial charge in [0.1, 0.15) is 5.75 Å². The van der Waals surface area contributed by atoms with Crippen LogP contribution >= 0.6 is 11.6 Å². The fourth-order valence-electron chi connectivity index (χ4n) is 2.17. The molecule has 0 saturated carbocycles. The Labute approximate surface area is 107 Å². The van der Waals surface area contributed by atoms with Crippen LogP contribution in [0.4, 0.5) is 5.69 Å². The fourth-order valence-corrected chi connectivity index (χ4v) is 2.34. The van der Waals surface area contributed by atoms with Gasteiger partial charge >= 0.3 is 0 Å². The molecule has 0 aliphatic carbocycles. The first-order chi connectivity index (χ1) is 8.29. The molecule has 2 rings (SSSR count). The van der Waals surface area contributed by atoms with Gasteiger partial charge in [-0.15, -0.1) is 0 Å². The van der Waals surface area contributed by atoms with Crippen LogP contribution in [0, 0.1) is 5.92 Å². The van der Waals surface area contributed by atoms with Gasteiger partial charge in [-0.3, -0.25) is 0 Å². The lowest BCUT2D eigenvalue weighted by atomic mass is 10.00. The topological polar surface area (TPSA) is 33.3 Å². The van der Waals surface area contributed by atoms with Gasteiger partial charge in [-0.25, -0.2) is 0 Å². The molecule has 1 unspecified atom stereocenters. The minimum Gasteiger partial charge on any atom is -0.495 e. The molecule has 1 heterocycles. The number of hydrogen-bond donors (Lipinski definition) is 2. The van der Waals surface area contributed by atoms with E-state index in [0.29, 0.717) is 5.92 Å². The number of benzene rings is 1. The van der Waals surface area contributed by atoms with Crippen molar-refractivity contribution < 1.29 is 4.74 Å². The van der Waals surface area contributed by atoms with E-state index in [2.05, 4.69) is 10.6 Å². The Morgan fingerprint density at radius 1 is 1.53 bits per heavy atom. The average molecular weight is 255 g/mol. The molecule has 4 heteroatoms. The van der Waals surface area contributed by atoms with Crippen LogP contribution in [0.25, 0.3) is 0 Å². The fraction of sp³-hybridized carbons (Fsp3) is 0.538. The minimum atomic E-state index is 0.687. The van der Waals surface area contributed by atoms with Gasteiger partial charge in [-0.2, -0.15) is 0 Å². The van der Waals surface area contributed by atoms with E-state index in [0.717, 1.165) is 36.1 Å². The Morgan fingerprint density at radius 3 is 3.12 bits per heavy atom. The maximum Gasteiger partial charge on any atom is 0.142 e. The maximum atomic E-state index is 5.99. The van der Waals surface area contributed by atoms with E-state index in [1.54, 1.807) is 7.11 Å². The van der Waals surface area contributed by atoms with Gasteiger partial charge in [0, 0.05) is 11.6 Å². The van der Waals surface area contributed by atoms with Crippen molar-refractivity contribution >= 4 is 17.3 Å². The van der Waals surface area contributed by atoms with E-state index in [1.807, 2.05) is 18.2 Å². The van der Waals surface area contributed by atoms with Crippen LogP contribution in [0.3, 0.4) is 0 Å². The van der Waals surface area contributed by atoms with E-state index in [1.165, 1.54) is 12.8 Å². The summed E-state index contributed by atoms with van der Waals surface area (Å²) in [5, 5.41) is 7.57. The molecule has 94 valence electrons. The first-order valence-electron chi connectivity index (χ1n) is 6.07.